The van der Waals surface area contributed by atoms with E-state index in [9.17, 15) is 4.79 Å². The van der Waals surface area contributed by atoms with Crippen molar-refractivity contribution < 1.29 is 9.53 Å². The summed E-state index contributed by atoms with van der Waals surface area (Å²) in [5, 5.41) is 0. The van der Waals surface area contributed by atoms with Crippen molar-refractivity contribution in [1.29, 1.82) is 0 Å². The second-order valence-corrected chi connectivity index (χ2v) is 3.22. The fourth-order valence-electron chi connectivity index (χ4n) is 0.996. The molecule has 0 aromatic heterocycles. The smallest absolute Gasteiger partial charge is 0.337 e. The summed E-state index contributed by atoms with van der Waals surface area (Å²) in [4.78, 5) is 11.3. The molecular weight excluding hydrogens is 212 g/mol. The van der Waals surface area contributed by atoms with Crippen LogP contribution in [0, 0.1) is 0 Å². The fraction of sp³-hybridized carbons (Fsp3) is 0.533. The van der Waals surface area contributed by atoms with Crippen molar-refractivity contribution in [3.8, 4) is 0 Å². The van der Waals surface area contributed by atoms with E-state index in [2.05, 4.69) is 26.5 Å². The van der Waals surface area contributed by atoms with Crippen LogP contribution < -0.4 is 0 Å². The summed E-state index contributed by atoms with van der Waals surface area (Å²) in [7, 11) is 0. The Morgan fingerprint density at radius 2 is 1.82 bits per heavy atom. The van der Waals surface area contributed by atoms with Gasteiger partial charge in [0.15, 0.2) is 0 Å². The molecule has 0 aliphatic rings. The van der Waals surface area contributed by atoms with E-state index in [1.54, 1.807) is 6.92 Å². The second kappa shape index (κ2) is 12.8. The lowest BCUT2D eigenvalue weighted by Crippen LogP contribution is -2.05. The van der Waals surface area contributed by atoms with Crippen LogP contribution in [-0.4, -0.2) is 12.6 Å². The second-order valence-electron chi connectivity index (χ2n) is 3.22. The number of ether oxygens (including phenoxy) is 1. The summed E-state index contributed by atoms with van der Waals surface area (Å²) in [6.45, 7) is 14.0. The highest BCUT2D eigenvalue weighted by Gasteiger charge is 2.04. The zero-order valence-corrected chi connectivity index (χ0v) is 11.9. The van der Waals surface area contributed by atoms with Crippen molar-refractivity contribution in [2.75, 3.05) is 6.61 Å². The SMILES string of the molecule is C=CC(=CC/C=C(\C)CC)C(=O)OCC.CC. The summed E-state index contributed by atoms with van der Waals surface area (Å²) >= 11 is 0. The normalized spacial score (nSPS) is 11.4. The molecule has 98 valence electrons. The van der Waals surface area contributed by atoms with Crippen LogP contribution >= 0.6 is 0 Å². The largest absolute Gasteiger partial charge is 0.462 e. The first-order chi connectivity index (χ1) is 8.15. The van der Waals surface area contributed by atoms with Crippen LogP contribution in [-0.2, 0) is 9.53 Å². The number of hydrogen-bond donors (Lipinski definition) is 0. The van der Waals surface area contributed by atoms with Crippen LogP contribution in [0.5, 0.6) is 0 Å². The van der Waals surface area contributed by atoms with Gasteiger partial charge in [0.2, 0.25) is 0 Å². The topological polar surface area (TPSA) is 26.3 Å². The first-order valence-electron chi connectivity index (χ1n) is 6.31. The Labute approximate surface area is 106 Å². The Hall–Kier alpha value is -1.31. The van der Waals surface area contributed by atoms with E-state index >= 15 is 0 Å². The Morgan fingerprint density at radius 1 is 1.24 bits per heavy atom. The van der Waals surface area contributed by atoms with Gasteiger partial charge in [-0.15, -0.1) is 0 Å². The molecule has 0 rings (SSSR count). The summed E-state index contributed by atoms with van der Waals surface area (Å²) in [5.74, 6) is -0.296. The highest BCUT2D eigenvalue weighted by molar-refractivity contribution is 5.91. The lowest BCUT2D eigenvalue weighted by atomic mass is 10.1. The number of allylic oxidation sites excluding steroid dienone is 3. The van der Waals surface area contributed by atoms with Crippen LogP contribution in [0.2, 0.25) is 0 Å². The van der Waals surface area contributed by atoms with E-state index in [1.807, 2.05) is 19.9 Å². The molecule has 0 unspecified atom stereocenters. The molecule has 0 amide bonds. The zero-order chi connectivity index (χ0) is 13.7. The summed E-state index contributed by atoms with van der Waals surface area (Å²) in [6, 6.07) is 0. The minimum Gasteiger partial charge on any atom is -0.462 e. The van der Waals surface area contributed by atoms with E-state index in [0.717, 1.165) is 12.8 Å². The Kier molecular flexibility index (Phi) is 13.6. The molecule has 0 spiro atoms. The van der Waals surface area contributed by atoms with Crippen LogP contribution in [0.15, 0.2) is 36.0 Å². The molecule has 0 heterocycles. The standard InChI is InChI=1S/C13H20O2.C2H6/c1-5-11(4)9-8-10-12(6-2)13(14)15-7-3;1-2/h6,9-10H,2,5,7-8H2,1,3-4H3;1-2H3/b11-9+,12-10?;. The molecular formula is C15H26O2. The van der Waals surface area contributed by atoms with Gasteiger partial charge >= 0.3 is 5.97 Å². The maximum absolute atomic E-state index is 11.3. The predicted molar refractivity (Wildman–Crippen MR) is 74.9 cm³/mol. The lowest BCUT2D eigenvalue weighted by Gasteiger charge is -2.01. The molecule has 0 aromatic rings. The minimum absolute atomic E-state index is 0.296. The number of rotatable bonds is 6. The van der Waals surface area contributed by atoms with Gasteiger partial charge in [-0.3, -0.25) is 0 Å². The maximum Gasteiger partial charge on any atom is 0.337 e. The Morgan fingerprint density at radius 3 is 2.24 bits per heavy atom. The molecule has 0 N–H and O–H groups in total. The van der Waals surface area contributed by atoms with E-state index < -0.39 is 0 Å². The molecule has 2 nitrogen and oxygen atoms in total. The summed E-state index contributed by atoms with van der Waals surface area (Å²) in [6.07, 6.45) is 7.26. The molecule has 0 aliphatic heterocycles. The molecule has 0 bridgehead atoms. The number of hydrogen-bond acceptors (Lipinski definition) is 2. The molecule has 2 heteroatoms. The van der Waals surface area contributed by atoms with Crippen molar-refractivity contribution in [3.05, 3.63) is 36.0 Å². The van der Waals surface area contributed by atoms with E-state index in [4.69, 9.17) is 4.74 Å². The van der Waals surface area contributed by atoms with Gasteiger partial charge in [-0.05, 0) is 26.7 Å². The molecule has 0 saturated heterocycles. The molecule has 17 heavy (non-hydrogen) atoms. The van der Waals surface area contributed by atoms with Crippen LogP contribution in [0.25, 0.3) is 0 Å². The van der Waals surface area contributed by atoms with Gasteiger partial charge in [0.05, 0.1) is 12.2 Å². The number of carbonyl (C=O) groups excluding carboxylic acids is 1. The van der Waals surface area contributed by atoms with Crippen molar-refractivity contribution in [2.45, 2.75) is 47.5 Å². The predicted octanol–water partition coefficient (Wildman–Crippen LogP) is 4.43. The third kappa shape index (κ3) is 9.61. The van der Waals surface area contributed by atoms with Crippen LogP contribution in [0.1, 0.15) is 47.5 Å². The van der Waals surface area contributed by atoms with Crippen molar-refractivity contribution in [3.63, 3.8) is 0 Å². The average Bonchev–Trinajstić information content (AvgIpc) is 2.36. The quantitative estimate of drug-likeness (QED) is 0.296. The lowest BCUT2D eigenvalue weighted by molar-refractivity contribution is -0.138. The minimum atomic E-state index is -0.296. The fourth-order valence-corrected chi connectivity index (χ4v) is 0.996. The van der Waals surface area contributed by atoms with E-state index in [-0.39, 0.29) is 5.97 Å². The van der Waals surface area contributed by atoms with Crippen LogP contribution in [0.4, 0.5) is 0 Å². The maximum atomic E-state index is 11.3. The van der Waals surface area contributed by atoms with Gasteiger partial charge in [0.1, 0.15) is 0 Å². The van der Waals surface area contributed by atoms with Crippen molar-refractivity contribution in [2.24, 2.45) is 0 Å². The molecule has 0 fully saturated rings. The first-order valence-corrected chi connectivity index (χ1v) is 6.31. The molecule has 0 radical (unpaired) electrons. The van der Waals surface area contributed by atoms with Crippen molar-refractivity contribution >= 4 is 5.97 Å². The number of carbonyl (C=O) groups is 1. The number of esters is 1. The highest BCUT2D eigenvalue weighted by atomic mass is 16.5. The average molecular weight is 238 g/mol. The van der Waals surface area contributed by atoms with Gasteiger partial charge < -0.3 is 4.74 Å². The van der Waals surface area contributed by atoms with E-state index in [1.165, 1.54) is 11.6 Å². The Balaban J connectivity index is 0. The van der Waals surface area contributed by atoms with Crippen LogP contribution in [0.3, 0.4) is 0 Å². The van der Waals surface area contributed by atoms with Crippen molar-refractivity contribution in [1.82, 2.24) is 0 Å². The Bertz CT molecular complexity index is 273. The highest BCUT2D eigenvalue weighted by Crippen LogP contribution is 2.05. The summed E-state index contributed by atoms with van der Waals surface area (Å²) in [5.41, 5.74) is 1.86. The van der Waals surface area contributed by atoms with Gasteiger partial charge in [-0.25, -0.2) is 4.79 Å². The third-order valence-electron chi connectivity index (χ3n) is 2.09. The first kappa shape index (κ1) is 18.1. The zero-order valence-electron chi connectivity index (χ0n) is 11.9. The van der Waals surface area contributed by atoms with Gasteiger partial charge in [-0.2, -0.15) is 0 Å². The molecule has 0 atom stereocenters. The summed E-state index contributed by atoms with van der Waals surface area (Å²) < 4.78 is 4.88. The van der Waals surface area contributed by atoms with E-state index in [0.29, 0.717) is 12.2 Å². The van der Waals surface area contributed by atoms with Gasteiger partial charge in [0.25, 0.3) is 0 Å². The molecule has 0 saturated carbocycles. The third-order valence-corrected chi connectivity index (χ3v) is 2.09. The monoisotopic (exact) mass is 238 g/mol. The van der Waals surface area contributed by atoms with Gasteiger partial charge in [0, 0.05) is 0 Å². The molecule has 0 aliphatic carbocycles. The van der Waals surface area contributed by atoms with Gasteiger partial charge in [-0.1, -0.05) is 51.2 Å². The molecule has 0 aromatic carbocycles.